The van der Waals surface area contributed by atoms with Crippen LogP contribution in [0.1, 0.15) is 44.7 Å². The predicted molar refractivity (Wildman–Crippen MR) is 102 cm³/mol. The van der Waals surface area contributed by atoms with Crippen LogP contribution in [0, 0.1) is 0 Å². The Morgan fingerprint density at radius 1 is 1.31 bits per heavy atom. The number of ketones is 1. The topological polar surface area (TPSA) is 69.0 Å². The number of benzene rings is 1. The zero-order chi connectivity index (χ0) is 18.1. The van der Waals surface area contributed by atoms with Gasteiger partial charge in [0.15, 0.2) is 5.78 Å². The van der Waals surface area contributed by atoms with Gasteiger partial charge in [-0.15, -0.1) is 5.10 Å². The number of hydrogen-bond acceptors (Lipinski definition) is 6. The summed E-state index contributed by atoms with van der Waals surface area (Å²) in [4.78, 5) is 17.4. The van der Waals surface area contributed by atoms with E-state index >= 15 is 0 Å². The standard InChI is InChI=1S/C19H22N4O2S/c1-3-25-15-11-6-5-8-12(15)17-16-13(9-7-10-14(16)24)20-18-21-19(26-4-2)22-23(17)18/h5-6,8,11,17H,3-4,7,9-10H2,1-2H3,(H,20,21,22)/t17-/m1/s1. The van der Waals surface area contributed by atoms with Gasteiger partial charge in [0, 0.05) is 23.3 Å². The zero-order valence-electron chi connectivity index (χ0n) is 15.0. The number of para-hydroxylation sites is 1. The van der Waals surface area contributed by atoms with E-state index in [0.717, 1.165) is 46.3 Å². The largest absolute Gasteiger partial charge is 0.494 e. The van der Waals surface area contributed by atoms with Gasteiger partial charge in [0.05, 0.1) is 6.61 Å². The van der Waals surface area contributed by atoms with Gasteiger partial charge in [0.25, 0.3) is 0 Å². The van der Waals surface area contributed by atoms with E-state index in [-0.39, 0.29) is 11.8 Å². The fraction of sp³-hybridized carbons (Fsp3) is 0.421. The van der Waals surface area contributed by atoms with E-state index < -0.39 is 0 Å². The van der Waals surface area contributed by atoms with E-state index in [1.807, 2.05) is 35.9 Å². The molecule has 2 aromatic rings. The van der Waals surface area contributed by atoms with Crippen LogP contribution in [-0.2, 0) is 4.79 Å². The van der Waals surface area contributed by atoms with Gasteiger partial charge in [-0.25, -0.2) is 4.68 Å². The van der Waals surface area contributed by atoms with Crippen molar-refractivity contribution >= 4 is 23.5 Å². The summed E-state index contributed by atoms with van der Waals surface area (Å²) in [6, 6.07) is 7.61. The van der Waals surface area contributed by atoms with Crippen LogP contribution in [0.5, 0.6) is 5.75 Å². The Morgan fingerprint density at radius 3 is 2.96 bits per heavy atom. The Bertz CT molecular complexity index is 874. The summed E-state index contributed by atoms with van der Waals surface area (Å²) in [6.07, 6.45) is 2.31. The number of Topliss-reactive ketones (excluding diaryl/α,β-unsaturated/α-hetero) is 1. The van der Waals surface area contributed by atoms with Crippen molar-refractivity contribution in [1.29, 1.82) is 0 Å². The van der Waals surface area contributed by atoms with Crippen molar-refractivity contribution in [2.24, 2.45) is 0 Å². The number of allylic oxidation sites excluding steroid dienone is 2. The van der Waals surface area contributed by atoms with Crippen molar-refractivity contribution in [1.82, 2.24) is 14.8 Å². The minimum absolute atomic E-state index is 0.181. The molecule has 7 heteroatoms. The van der Waals surface area contributed by atoms with E-state index in [0.29, 0.717) is 19.0 Å². The van der Waals surface area contributed by atoms with E-state index in [9.17, 15) is 4.79 Å². The number of anilines is 1. The molecule has 6 nitrogen and oxygen atoms in total. The first-order valence-electron chi connectivity index (χ1n) is 9.07. The number of thioether (sulfide) groups is 1. The molecule has 0 radical (unpaired) electrons. The van der Waals surface area contributed by atoms with Gasteiger partial charge in [-0.3, -0.25) is 4.79 Å². The molecular weight excluding hydrogens is 348 g/mol. The number of carbonyl (C=O) groups is 1. The Hall–Kier alpha value is -2.28. The maximum Gasteiger partial charge on any atom is 0.227 e. The Morgan fingerprint density at radius 2 is 2.15 bits per heavy atom. The highest BCUT2D eigenvalue weighted by atomic mass is 32.2. The van der Waals surface area contributed by atoms with Gasteiger partial charge >= 0.3 is 0 Å². The normalized spacial score (nSPS) is 19.0. The summed E-state index contributed by atoms with van der Waals surface area (Å²) in [7, 11) is 0. The highest BCUT2D eigenvalue weighted by Crippen LogP contribution is 2.43. The van der Waals surface area contributed by atoms with E-state index in [1.165, 1.54) is 0 Å². The first kappa shape index (κ1) is 17.1. The molecule has 136 valence electrons. The van der Waals surface area contributed by atoms with E-state index in [1.54, 1.807) is 11.8 Å². The summed E-state index contributed by atoms with van der Waals surface area (Å²) < 4.78 is 7.70. The molecule has 0 bridgehead atoms. The lowest BCUT2D eigenvalue weighted by atomic mass is 9.85. The molecular formula is C19H22N4O2S. The van der Waals surface area contributed by atoms with Gasteiger partial charge in [-0.05, 0) is 31.6 Å². The number of carbonyl (C=O) groups excluding carboxylic acids is 1. The van der Waals surface area contributed by atoms with Crippen molar-refractivity contribution in [3.63, 3.8) is 0 Å². The summed E-state index contributed by atoms with van der Waals surface area (Å²) in [5, 5.41) is 8.77. The summed E-state index contributed by atoms with van der Waals surface area (Å²) in [5.74, 6) is 2.57. The van der Waals surface area contributed by atoms with Gasteiger partial charge < -0.3 is 10.1 Å². The molecule has 2 aliphatic rings. The van der Waals surface area contributed by atoms with Gasteiger partial charge in [0.1, 0.15) is 11.8 Å². The van der Waals surface area contributed by atoms with Crippen LogP contribution in [0.3, 0.4) is 0 Å². The Balaban J connectivity index is 1.89. The lowest BCUT2D eigenvalue weighted by molar-refractivity contribution is -0.116. The number of ether oxygens (including phenoxy) is 1. The molecule has 26 heavy (non-hydrogen) atoms. The Labute approximate surface area is 157 Å². The maximum atomic E-state index is 12.8. The van der Waals surface area contributed by atoms with E-state index in [4.69, 9.17) is 4.74 Å². The average molecular weight is 370 g/mol. The molecule has 0 saturated carbocycles. The SMILES string of the molecule is CCOc1ccccc1[C@@H]1C2=C(CCCC2=O)Nc2nc(SCC)nn21. The molecule has 1 atom stereocenters. The van der Waals surface area contributed by atoms with E-state index in [2.05, 4.69) is 22.3 Å². The Kier molecular flexibility index (Phi) is 4.72. The third-order valence-corrected chi connectivity index (χ3v) is 5.36. The number of fused-ring (bicyclic) bond motifs is 1. The zero-order valence-corrected chi connectivity index (χ0v) is 15.8. The average Bonchev–Trinajstić information content (AvgIpc) is 3.03. The minimum Gasteiger partial charge on any atom is -0.494 e. The molecule has 0 spiro atoms. The molecule has 0 saturated heterocycles. The maximum absolute atomic E-state index is 12.8. The monoisotopic (exact) mass is 370 g/mol. The second-order valence-corrected chi connectivity index (χ2v) is 7.49. The molecule has 0 amide bonds. The fourth-order valence-corrected chi connectivity index (χ4v) is 4.16. The highest BCUT2D eigenvalue weighted by Gasteiger charge is 2.38. The first-order chi connectivity index (χ1) is 12.7. The van der Waals surface area contributed by atoms with Crippen LogP contribution < -0.4 is 10.1 Å². The molecule has 1 N–H and O–H groups in total. The van der Waals surface area contributed by atoms with Crippen molar-refractivity contribution in [3.8, 4) is 5.75 Å². The van der Waals surface area contributed by atoms with Crippen molar-refractivity contribution in [2.45, 2.75) is 44.3 Å². The second kappa shape index (κ2) is 7.15. The van der Waals surface area contributed by atoms with Crippen LogP contribution in [-0.4, -0.2) is 32.9 Å². The number of hydrogen-bond donors (Lipinski definition) is 1. The molecule has 1 aromatic heterocycles. The molecule has 1 aliphatic heterocycles. The van der Waals surface area contributed by atoms with Gasteiger partial charge in [0.2, 0.25) is 11.1 Å². The lowest BCUT2D eigenvalue weighted by Crippen LogP contribution is -2.31. The minimum atomic E-state index is -0.296. The van der Waals surface area contributed by atoms with Crippen molar-refractivity contribution in [3.05, 3.63) is 41.1 Å². The van der Waals surface area contributed by atoms with Crippen LogP contribution in [0.15, 0.2) is 40.7 Å². The number of rotatable bonds is 5. The third kappa shape index (κ3) is 2.90. The van der Waals surface area contributed by atoms with Crippen LogP contribution >= 0.6 is 11.8 Å². The molecule has 2 heterocycles. The van der Waals surface area contributed by atoms with Crippen LogP contribution in [0.2, 0.25) is 0 Å². The fourth-order valence-electron chi connectivity index (χ4n) is 3.61. The molecule has 0 unspecified atom stereocenters. The van der Waals surface area contributed by atoms with Crippen molar-refractivity contribution in [2.75, 3.05) is 17.7 Å². The number of nitrogens with one attached hydrogen (secondary N) is 1. The molecule has 0 fully saturated rings. The van der Waals surface area contributed by atoms with Gasteiger partial charge in [-0.1, -0.05) is 36.9 Å². The predicted octanol–water partition coefficient (Wildman–Crippen LogP) is 3.81. The summed E-state index contributed by atoms with van der Waals surface area (Å²) in [5.41, 5.74) is 2.73. The molecule has 1 aromatic carbocycles. The first-order valence-corrected chi connectivity index (χ1v) is 10.1. The highest BCUT2D eigenvalue weighted by molar-refractivity contribution is 7.99. The van der Waals surface area contributed by atoms with Crippen molar-refractivity contribution < 1.29 is 9.53 Å². The summed E-state index contributed by atoms with van der Waals surface area (Å²) in [6.45, 7) is 4.61. The van der Waals surface area contributed by atoms with Gasteiger partial charge in [-0.2, -0.15) is 4.98 Å². The number of aromatic nitrogens is 3. The molecule has 4 rings (SSSR count). The summed E-state index contributed by atoms with van der Waals surface area (Å²) >= 11 is 1.60. The van der Waals surface area contributed by atoms with Crippen LogP contribution in [0.25, 0.3) is 0 Å². The second-order valence-electron chi connectivity index (χ2n) is 6.26. The third-order valence-electron chi connectivity index (χ3n) is 4.64. The lowest BCUT2D eigenvalue weighted by Gasteiger charge is -2.32. The smallest absolute Gasteiger partial charge is 0.227 e. The number of nitrogens with zero attached hydrogens (tertiary/aromatic N) is 3. The molecule has 1 aliphatic carbocycles. The van der Waals surface area contributed by atoms with Crippen LogP contribution in [0.4, 0.5) is 5.95 Å². The quantitative estimate of drug-likeness (QED) is 0.807.